The third-order valence-corrected chi connectivity index (χ3v) is 3.64. The molecule has 1 aliphatic rings. The first-order valence-corrected chi connectivity index (χ1v) is 6.63. The Labute approximate surface area is 112 Å². The van der Waals surface area contributed by atoms with Crippen LogP contribution in [0.4, 0.5) is 5.82 Å². The molecule has 1 aliphatic carbocycles. The maximum atomic E-state index is 9.59. The van der Waals surface area contributed by atoms with Crippen LogP contribution in [-0.2, 0) is 20.2 Å². The number of aryl methyl sites for hydroxylation is 2. The smallest absolute Gasteiger partial charge is 0.133 e. The van der Waals surface area contributed by atoms with Crippen molar-refractivity contribution in [1.29, 1.82) is 0 Å². The molecule has 1 N–H and O–H groups in total. The van der Waals surface area contributed by atoms with Gasteiger partial charge in [0.05, 0.1) is 25.1 Å². The lowest BCUT2D eigenvalue weighted by Gasteiger charge is -2.24. The Bertz CT molecular complexity index is 556. The highest BCUT2D eigenvalue weighted by atomic mass is 16.3. The summed E-state index contributed by atoms with van der Waals surface area (Å²) in [6, 6.07) is 4.42. The normalized spacial score (nSPS) is 14.9. The predicted molar refractivity (Wildman–Crippen MR) is 71.8 cm³/mol. The lowest BCUT2D eigenvalue weighted by molar-refractivity contribution is 0.281. The van der Waals surface area contributed by atoms with E-state index in [0.29, 0.717) is 6.04 Å². The summed E-state index contributed by atoms with van der Waals surface area (Å²) in [6.45, 7) is 2.69. The number of aromatic nitrogens is 2. The van der Waals surface area contributed by atoms with Crippen LogP contribution in [0.1, 0.15) is 29.9 Å². The number of nitrogens with zero attached hydrogens (tertiary/aromatic N) is 3. The van der Waals surface area contributed by atoms with Gasteiger partial charge in [0.2, 0.25) is 0 Å². The quantitative estimate of drug-likeness (QED) is 0.894. The average Bonchev–Trinajstić information content (AvgIpc) is 3.02. The SMILES string of the molecule is Cc1nn(C)c(N(Cc2ccco2)C2CC2)c1CO. The molecule has 19 heavy (non-hydrogen) atoms. The number of anilines is 1. The van der Waals surface area contributed by atoms with E-state index in [9.17, 15) is 5.11 Å². The van der Waals surface area contributed by atoms with Gasteiger partial charge in [0.25, 0.3) is 0 Å². The summed E-state index contributed by atoms with van der Waals surface area (Å²) in [7, 11) is 1.93. The minimum atomic E-state index is 0.0242. The zero-order valence-corrected chi connectivity index (χ0v) is 11.3. The van der Waals surface area contributed by atoms with Gasteiger partial charge in [-0.05, 0) is 31.9 Å². The van der Waals surface area contributed by atoms with Crippen LogP contribution in [0.25, 0.3) is 0 Å². The van der Waals surface area contributed by atoms with E-state index in [2.05, 4.69) is 10.00 Å². The molecule has 0 aromatic carbocycles. The van der Waals surface area contributed by atoms with Gasteiger partial charge < -0.3 is 14.4 Å². The van der Waals surface area contributed by atoms with E-state index in [1.54, 1.807) is 6.26 Å². The van der Waals surface area contributed by atoms with E-state index < -0.39 is 0 Å². The minimum absolute atomic E-state index is 0.0242. The zero-order chi connectivity index (χ0) is 13.4. The summed E-state index contributed by atoms with van der Waals surface area (Å²) in [5.41, 5.74) is 1.81. The zero-order valence-electron chi connectivity index (χ0n) is 11.3. The summed E-state index contributed by atoms with van der Waals surface area (Å²) in [5, 5.41) is 14.0. The molecule has 1 saturated carbocycles. The first-order valence-electron chi connectivity index (χ1n) is 6.63. The van der Waals surface area contributed by atoms with Crippen molar-refractivity contribution >= 4 is 5.82 Å². The van der Waals surface area contributed by atoms with Gasteiger partial charge in [-0.15, -0.1) is 0 Å². The number of hydrogen-bond acceptors (Lipinski definition) is 4. The molecule has 5 heteroatoms. The second-order valence-corrected chi connectivity index (χ2v) is 5.11. The summed E-state index contributed by atoms with van der Waals surface area (Å²) >= 11 is 0. The largest absolute Gasteiger partial charge is 0.467 e. The van der Waals surface area contributed by atoms with Crippen LogP contribution in [0.2, 0.25) is 0 Å². The van der Waals surface area contributed by atoms with Gasteiger partial charge >= 0.3 is 0 Å². The van der Waals surface area contributed by atoms with E-state index in [1.165, 1.54) is 12.8 Å². The monoisotopic (exact) mass is 261 g/mol. The molecule has 0 bridgehead atoms. The van der Waals surface area contributed by atoms with Gasteiger partial charge in [-0.3, -0.25) is 4.68 Å². The van der Waals surface area contributed by atoms with Crippen molar-refractivity contribution in [3.63, 3.8) is 0 Å². The predicted octanol–water partition coefficient (Wildman–Crippen LogP) is 1.98. The van der Waals surface area contributed by atoms with Gasteiger partial charge in [0.15, 0.2) is 0 Å². The van der Waals surface area contributed by atoms with Crippen molar-refractivity contribution in [1.82, 2.24) is 9.78 Å². The van der Waals surface area contributed by atoms with E-state index in [-0.39, 0.29) is 6.61 Å². The van der Waals surface area contributed by atoms with Crippen molar-refractivity contribution in [2.24, 2.45) is 7.05 Å². The minimum Gasteiger partial charge on any atom is -0.467 e. The Hall–Kier alpha value is -1.75. The molecule has 0 aliphatic heterocycles. The molecule has 2 aromatic heterocycles. The van der Waals surface area contributed by atoms with E-state index >= 15 is 0 Å². The van der Waals surface area contributed by atoms with Crippen LogP contribution in [-0.4, -0.2) is 20.9 Å². The molecular weight excluding hydrogens is 242 g/mol. The highest BCUT2D eigenvalue weighted by Gasteiger charge is 2.33. The number of rotatable bonds is 5. The number of furan rings is 1. The van der Waals surface area contributed by atoms with E-state index in [1.807, 2.05) is 30.8 Å². The third kappa shape index (κ3) is 2.26. The Morgan fingerprint density at radius 3 is 2.89 bits per heavy atom. The fourth-order valence-corrected chi connectivity index (χ4v) is 2.57. The van der Waals surface area contributed by atoms with Gasteiger partial charge in [0.1, 0.15) is 11.6 Å². The molecule has 3 rings (SSSR count). The molecule has 0 unspecified atom stereocenters. The Morgan fingerprint density at radius 2 is 2.32 bits per heavy atom. The topological polar surface area (TPSA) is 54.4 Å². The van der Waals surface area contributed by atoms with Crippen LogP contribution in [0.5, 0.6) is 0 Å². The summed E-state index contributed by atoms with van der Waals surface area (Å²) in [4.78, 5) is 2.30. The van der Waals surface area contributed by atoms with E-state index in [4.69, 9.17) is 4.42 Å². The number of aliphatic hydroxyl groups excluding tert-OH is 1. The van der Waals surface area contributed by atoms with Crippen molar-refractivity contribution in [2.45, 2.75) is 39.0 Å². The first kappa shape index (κ1) is 12.3. The molecule has 1 fully saturated rings. The van der Waals surface area contributed by atoms with Crippen molar-refractivity contribution in [3.8, 4) is 0 Å². The maximum Gasteiger partial charge on any atom is 0.133 e. The van der Waals surface area contributed by atoms with Crippen LogP contribution in [0.3, 0.4) is 0 Å². The van der Waals surface area contributed by atoms with Gasteiger partial charge in [-0.1, -0.05) is 0 Å². The lowest BCUT2D eigenvalue weighted by Crippen LogP contribution is -2.28. The second kappa shape index (κ2) is 4.74. The summed E-state index contributed by atoms with van der Waals surface area (Å²) in [6.07, 6.45) is 4.08. The van der Waals surface area contributed by atoms with Crippen molar-refractivity contribution in [2.75, 3.05) is 4.90 Å². The molecule has 0 spiro atoms. The fourth-order valence-electron chi connectivity index (χ4n) is 2.57. The molecule has 0 saturated heterocycles. The number of aliphatic hydroxyl groups is 1. The van der Waals surface area contributed by atoms with Crippen LogP contribution in [0.15, 0.2) is 22.8 Å². The van der Waals surface area contributed by atoms with Gasteiger partial charge in [0, 0.05) is 18.7 Å². The second-order valence-electron chi connectivity index (χ2n) is 5.11. The average molecular weight is 261 g/mol. The maximum absolute atomic E-state index is 9.59. The van der Waals surface area contributed by atoms with Gasteiger partial charge in [-0.25, -0.2) is 0 Å². The molecule has 0 radical (unpaired) electrons. The van der Waals surface area contributed by atoms with Crippen molar-refractivity contribution < 1.29 is 9.52 Å². The molecule has 5 nitrogen and oxygen atoms in total. The standard InChI is InChI=1S/C14H19N3O2/c1-10-13(9-18)14(16(2)15-10)17(11-5-6-11)8-12-4-3-7-19-12/h3-4,7,11,18H,5-6,8-9H2,1-2H3. The molecule has 2 aromatic rings. The van der Waals surface area contributed by atoms with Crippen LogP contribution < -0.4 is 4.90 Å². The Balaban J connectivity index is 1.96. The molecule has 0 amide bonds. The van der Waals surface area contributed by atoms with Crippen molar-refractivity contribution in [3.05, 3.63) is 35.4 Å². The number of hydrogen-bond donors (Lipinski definition) is 1. The van der Waals surface area contributed by atoms with E-state index in [0.717, 1.165) is 29.4 Å². The molecule has 2 heterocycles. The van der Waals surface area contributed by atoms with Crippen LogP contribution >= 0.6 is 0 Å². The molecule has 102 valence electrons. The molecule has 0 atom stereocenters. The third-order valence-electron chi connectivity index (χ3n) is 3.64. The fraction of sp³-hybridized carbons (Fsp3) is 0.500. The first-order chi connectivity index (χ1) is 9.20. The van der Waals surface area contributed by atoms with Gasteiger partial charge in [-0.2, -0.15) is 5.10 Å². The Morgan fingerprint density at radius 1 is 1.53 bits per heavy atom. The summed E-state index contributed by atoms with van der Waals surface area (Å²) < 4.78 is 7.31. The molecular formula is C14H19N3O2. The highest BCUT2D eigenvalue weighted by molar-refractivity contribution is 5.52. The van der Waals surface area contributed by atoms with Crippen LogP contribution in [0, 0.1) is 6.92 Å². The summed E-state index contributed by atoms with van der Waals surface area (Å²) in [5.74, 6) is 1.95. The Kier molecular flexibility index (Phi) is 3.06. The highest BCUT2D eigenvalue weighted by Crippen LogP contribution is 2.35. The lowest BCUT2D eigenvalue weighted by atomic mass is 10.2.